The molecule has 3 aromatic rings. The molecule has 2 heterocycles. The topological polar surface area (TPSA) is 92.9 Å². The van der Waals surface area contributed by atoms with E-state index in [1.165, 1.54) is 12.4 Å². The van der Waals surface area contributed by atoms with Crippen LogP contribution in [0.25, 0.3) is 0 Å². The molecule has 0 unspecified atom stereocenters. The van der Waals surface area contributed by atoms with Gasteiger partial charge in [0.2, 0.25) is 0 Å². The zero-order valence-electron chi connectivity index (χ0n) is 13.0. The fourth-order valence-electron chi connectivity index (χ4n) is 1.98. The predicted octanol–water partition coefficient (Wildman–Crippen LogP) is 3.73. The van der Waals surface area contributed by atoms with Crippen molar-refractivity contribution in [3.8, 4) is 0 Å². The second-order valence-corrected chi connectivity index (χ2v) is 5.58. The molecule has 0 bridgehead atoms. The highest BCUT2D eigenvalue weighted by atomic mass is 35.5. The number of amides is 1. The zero-order chi connectivity index (χ0) is 17.1. The standard InChI is InChI=1S/C16H14ClN5O2/c1-9-3-4-11(17)6-12(9)20-15-8-18-13(7-19-15)16(23)21-14-5-10(2)24-22-14/h3-8H,1-2H3,(H,19,20)(H,21,22,23). The van der Waals surface area contributed by atoms with Gasteiger partial charge in [0.05, 0.1) is 12.4 Å². The Morgan fingerprint density at radius 2 is 1.96 bits per heavy atom. The smallest absolute Gasteiger partial charge is 0.277 e. The Morgan fingerprint density at radius 3 is 2.62 bits per heavy atom. The summed E-state index contributed by atoms with van der Waals surface area (Å²) in [5.74, 6) is 1.03. The van der Waals surface area contributed by atoms with Crippen molar-refractivity contribution in [1.29, 1.82) is 0 Å². The number of aryl methyl sites for hydroxylation is 2. The molecule has 0 spiro atoms. The third-order valence-corrected chi connectivity index (χ3v) is 3.45. The predicted molar refractivity (Wildman–Crippen MR) is 90.7 cm³/mol. The van der Waals surface area contributed by atoms with Crippen molar-refractivity contribution in [2.75, 3.05) is 10.6 Å². The Balaban J connectivity index is 1.71. The molecule has 3 rings (SSSR count). The molecule has 1 aromatic carbocycles. The van der Waals surface area contributed by atoms with E-state index in [-0.39, 0.29) is 5.69 Å². The van der Waals surface area contributed by atoms with E-state index < -0.39 is 5.91 Å². The van der Waals surface area contributed by atoms with Crippen LogP contribution in [-0.2, 0) is 0 Å². The van der Waals surface area contributed by atoms with Crippen LogP contribution in [0.5, 0.6) is 0 Å². The molecular formula is C16H14ClN5O2. The first-order chi connectivity index (χ1) is 11.5. The third-order valence-electron chi connectivity index (χ3n) is 3.22. The number of rotatable bonds is 4. The average Bonchev–Trinajstić information content (AvgIpc) is 2.96. The van der Waals surface area contributed by atoms with Crippen molar-refractivity contribution in [3.05, 3.63) is 58.7 Å². The second-order valence-electron chi connectivity index (χ2n) is 5.15. The molecule has 0 saturated carbocycles. The third kappa shape index (κ3) is 3.69. The van der Waals surface area contributed by atoms with Crippen LogP contribution in [0.15, 0.2) is 41.2 Å². The maximum atomic E-state index is 12.1. The first-order valence-corrected chi connectivity index (χ1v) is 7.49. The maximum Gasteiger partial charge on any atom is 0.277 e. The molecule has 122 valence electrons. The van der Waals surface area contributed by atoms with E-state index in [4.69, 9.17) is 16.1 Å². The highest BCUT2D eigenvalue weighted by Crippen LogP contribution is 2.23. The van der Waals surface area contributed by atoms with Gasteiger partial charge in [0, 0.05) is 16.8 Å². The lowest BCUT2D eigenvalue weighted by Gasteiger charge is -2.09. The Kier molecular flexibility index (Phi) is 4.43. The van der Waals surface area contributed by atoms with Crippen molar-refractivity contribution in [1.82, 2.24) is 15.1 Å². The second kappa shape index (κ2) is 6.67. The van der Waals surface area contributed by atoms with Crippen LogP contribution in [0.4, 0.5) is 17.3 Å². The lowest BCUT2D eigenvalue weighted by molar-refractivity contribution is 0.102. The Morgan fingerprint density at radius 1 is 1.12 bits per heavy atom. The molecule has 2 N–H and O–H groups in total. The van der Waals surface area contributed by atoms with Gasteiger partial charge in [-0.05, 0) is 31.5 Å². The largest absolute Gasteiger partial charge is 0.360 e. The summed E-state index contributed by atoms with van der Waals surface area (Å²) in [6.45, 7) is 3.69. The summed E-state index contributed by atoms with van der Waals surface area (Å²) >= 11 is 5.99. The number of carbonyl (C=O) groups is 1. The number of aromatic nitrogens is 3. The summed E-state index contributed by atoms with van der Waals surface area (Å²) in [5.41, 5.74) is 2.01. The molecule has 0 atom stereocenters. The lowest BCUT2D eigenvalue weighted by Crippen LogP contribution is -2.14. The number of hydrogen-bond donors (Lipinski definition) is 2. The van der Waals surface area contributed by atoms with Crippen LogP contribution in [0, 0.1) is 13.8 Å². The van der Waals surface area contributed by atoms with Gasteiger partial charge in [-0.15, -0.1) is 0 Å². The molecule has 8 heteroatoms. The normalized spacial score (nSPS) is 10.5. The van der Waals surface area contributed by atoms with Crippen LogP contribution in [-0.4, -0.2) is 21.0 Å². The molecule has 2 aromatic heterocycles. The summed E-state index contributed by atoms with van der Waals surface area (Å²) in [6, 6.07) is 7.13. The number of hydrogen-bond acceptors (Lipinski definition) is 6. The molecule has 0 aliphatic heterocycles. The van der Waals surface area contributed by atoms with Gasteiger partial charge < -0.3 is 15.2 Å². The van der Waals surface area contributed by atoms with Crippen molar-refractivity contribution in [3.63, 3.8) is 0 Å². The van der Waals surface area contributed by atoms with Gasteiger partial charge in [0.25, 0.3) is 5.91 Å². The quantitative estimate of drug-likeness (QED) is 0.749. The van der Waals surface area contributed by atoms with Crippen LogP contribution in [0.2, 0.25) is 5.02 Å². The van der Waals surface area contributed by atoms with Crippen molar-refractivity contribution < 1.29 is 9.32 Å². The number of halogens is 1. The highest BCUT2D eigenvalue weighted by Gasteiger charge is 2.11. The van der Waals surface area contributed by atoms with E-state index in [1.807, 2.05) is 19.1 Å². The first-order valence-electron chi connectivity index (χ1n) is 7.11. The van der Waals surface area contributed by atoms with Crippen molar-refractivity contribution in [2.24, 2.45) is 0 Å². The minimum absolute atomic E-state index is 0.170. The van der Waals surface area contributed by atoms with E-state index in [0.29, 0.717) is 22.4 Å². The van der Waals surface area contributed by atoms with E-state index in [2.05, 4.69) is 25.8 Å². The summed E-state index contributed by atoms with van der Waals surface area (Å²) in [7, 11) is 0. The molecule has 0 radical (unpaired) electrons. The Bertz CT molecular complexity index is 876. The minimum Gasteiger partial charge on any atom is -0.360 e. The molecule has 7 nitrogen and oxygen atoms in total. The monoisotopic (exact) mass is 343 g/mol. The van der Waals surface area contributed by atoms with Gasteiger partial charge >= 0.3 is 0 Å². The van der Waals surface area contributed by atoms with Gasteiger partial charge in [-0.2, -0.15) is 0 Å². The number of nitrogens with zero attached hydrogens (tertiary/aromatic N) is 3. The first kappa shape index (κ1) is 15.9. The molecule has 0 saturated heterocycles. The molecular weight excluding hydrogens is 330 g/mol. The number of carbonyl (C=O) groups excluding carboxylic acids is 1. The van der Waals surface area contributed by atoms with E-state index in [1.54, 1.807) is 19.1 Å². The molecule has 1 amide bonds. The number of nitrogens with one attached hydrogen (secondary N) is 2. The molecule has 0 aliphatic carbocycles. The van der Waals surface area contributed by atoms with Gasteiger partial charge in [-0.25, -0.2) is 9.97 Å². The van der Waals surface area contributed by atoms with Crippen LogP contribution in [0.1, 0.15) is 21.8 Å². The van der Waals surface area contributed by atoms with Crippen LogP contribution < -0.4 is 10.6 Å². The van der Waals surface area contributed by atoms with Crippen molar-refractivity contribution >= 4 is 34.8 Å². The maximum absolute atomic E-state index is 12.1. The Hall–Kier alpha value is -2.93. The molecule has 0 aliphatic rings. The summed E-state index contributed by atoms with van der Waals surface area (Å²) in [6.07, 6.45) is 2.85. The SMILES string of the molecule is Cc1cc(NC(=O)c2cnc(Nc3cc(Cl)ccc3C)cn2)no1. The highest BCUT2D eigenvalue weighted by molar-refractivity contribution is 6.30. The zero-order valence-corrected chi connectivity index (χ0v) is 13.8. The van der Waals surface area contributed by atoms with E-state index in [9.17, 15) is 4.79 Å². The number of benzene rings is 1. The molecule has 0 fully saturated rings. The van der Waals surface area contributed by atoms with Crippen LogP contribution in [0.3, 0.4) is 0 Å². The van der Waals surface area contributed by atoms with Crippen molar-refractivity contribution in [2.45, 2.75) is 13.8 Å². The lowest BCUT2D eigenvalue weighted by atomic mass is 10.2. The van der Waals surface area contributed by atoms with E-state index in [0.717, 1.165) is 11.3 Å². The average molecular weight is 344 g/mol. The number of anilines is 3. The minimum atomic E-state index is -0.415. The summed E-state index contributed by atoms with van der Waals surface area (Å²) < 4.78 is 4.89. The van der Waals surface area contributed by atoms with Crippen LogP contribution >= 0.6 is 11.6 Å². The fourth-order valence-corrected chi connectivity index (χ4v) is 2.15. The summed E-state index contributed by atoms with van der Waals surface area (Å²) in [4.78, 5) is 20.4. The van der Waals surface area contributed by atoms with E-state index >= 15 is 0 Å². The Labute approximate surface area is 143 Å². The van der Waals surface area contributed by atoms with Gasteiger partial charge in [0.15, 0.2) is 5.82 Å². The fraction of sp³-hybridized carbons (Fsp3) is 0.125. The molecule has 24 heavy (non-hydrogen) atoms. The summed E-state index contributed by atoms with van der Waals surface area (Å²) in [5, 5.41) is 10.0. The van der Waals surface area contributed by atoms with Gasteiger partial charge in [-0.3, -0.25) is 4.79 Å². The van der Waals surface area contributed by atoms with Gasteiger partial charge in [-0.1, -0.05) is 22.8 Å². The van der Waals surface area contributed by atoms with Gasteiger partial charge in [0.1, 0.15) is 17.3 Å².